The first-order valence-corrected chi connectivity index (χ1v) is 7.71. The molecule has 0 atom stereocenters. The van der Waals surface area contributed by atoms with Gasteiger partial charge in [-0.25, -0.2) is 0 Å². The number of halogens is 1. The maximum atomic E-state index is 12.1. The van der Waals surface area contributed by atoms with Gasteiger partial charge in [0, 0.05) is 13.0 Å². The van der Waals surface area contributed by atoms with Gasteiger partial charge in [-0.2, -0.15) is 0 Å². The van der Waals surface area contributed by atoms with Crippen LogP contribution in [0.5, 0.6) is 0 Å². The highest BCUT2D eigenvalue weighted by Gasteiger charge is 2.33. The van der Waals surface area contributed by atoms with Gasteiger partial charge in [-0.1, -0.05) is 32.1 Å². The molecule has 0 radical (unpaired) electrons. The molecule has 0 aromatic carbocycles. The Morgan fingerprint density at radius 3 is 2.32 bits per heavy atom. The van der Waals surface area contributed by atoms with Gasteiger partial charge in [0.05, 0.1) is 0 Å². The molecule has 2 saturated carbocycles. The molecule has 4 heteroatoms. The van der Waals surface area contributed by atoms with Crippen LogP contribution < -0.4 is 11.1 Å². The minimum absolute atomic E-state index is 0. The first-order chi connectivity index (χ1) is 8.74. The van der Waals surface area contributed by atoms with E-state index in [0.717, 1.165) is 25.3 Å². The number of nitrogens with one attached hydrogen (secondary N) is 1. The van der Waals surface area contributed by atoms with Crippen molar-refractivity contribution in [2.75, 3.05) is 13.1 Å². The first kappa shape index (κ1) is 16.8. The van der Waals surface area contributed by atoms with Crippen molar-refractivity contribution in [2.45, 2.75) is 64.2 Å². The lowest BCUT2D eigenvalue weighted by molar-refractivity contribution is -0.124. The number of nitrogens with two attached hydrogens (primary N) is 1. The third-order valence-electron chi connectivity index (χ3n) is 4.95. The summed E-state index contributed by atoms with van der Waals surface area (Å²) in [6, 6.07) is 0. The number of carbonyl (C=O) groups excluding carboxylic acids is 1. The maximum Gasteiger partial charge on any atom is 0.220 e. The zero-order valence-electron chi connectivity index (χ0n) is 12.0. The standard InChI is InChI=1S/C15H28N2O.ClH/c16-12-15(8-4-1-5-9-15)10-14(18)17-11-13-6-2-3-7-13;/h13H,1-12,16H2,(H,17,18);1H. The Bertz CT molecular complexity index is 271. The maximum absolute atomic E-state index is 12.1. The van der Waals surface area contributed by atoms with E-state index in [1.807, 2.05) is 0 Å². The first-order valence-electron chi connectivity index (χ1n) is 7.71. The van der Waals surface area contributed by atoms with Crippen molar-refractivity contribution < 1.29 is 4.79 Å². The van der Waals surface area contributed by atoms with E-state index in [1.54, 1.807) is 0 Å². The zero-order chi connectivity index (χ0) is 12.8. The Balaban J connectivity index is 0.00000180. The third kappa shape index (κ3) is 4.96. The van der Waals surface area contributed by atoms with E-state index >= 15 is 0 Å². The topological polar surface area (TPSA) is 55.1 Å². The highest BCUT2D eigenvalue weighted by molar-refractivity contribution is 5.85. The van der Waals surface area contributed by atoms with Crippen molar-refractivity contribution in [1.82, 2.24) is 5.32 Å². The van der Waals surface area contributed by atoms with Crippen LogP contribution in [-0.2, 0) is 4.79 Å². The van der Waals surface area contributed by atoms with Gasteiger partial charge in [0.25, 0.3) is 0 Å². The Labute approximate surface area is 123 Å². The summed E-state index contributed by atoms with van der Waals surface area (Å²) >= 11 is 0. The van der Waals surface area contributed by atoms with Gasteiger partial charge in [0.1, 0.15) is 0 Å². The lowest BCUT2D eigenvalue weighted by Gasteiger charge is -2.35. The van der Waals surface area contributed by atoms with Gasteiger partial charge < -0.3 is 11.1 Å². The van der Waals surface area contributed by atoms with E-state index in [1.165, 1.54) is 44.9 Å². The van der Waals surface area contributed by atoms with Crippen LogP contribution in [0.3, 0.4) is 0 Å². The van der Waals surface area contributed by atoms with Gasteiger partial charge in [-0.15, -0.1) is 12.4 Å². The predicted molar refractivity (Wildman–Crippen MR) is 81.4 cm³/mol. The minimum Gasteiger partial charge on any atom is -0.356 e. The van der Waals surface area contributed by atoms with Crippen LogP contribution in [0, 0.1) is 11.3 Å². The van der Waals surface area contributed by atoms with Crippen molar-refractivity contribution in [1.29, 1.82) is 0 Å². The summed E-state index contributed by atoms with van der Waals surface area (Å²) in [6.45, 7) is 1.56. The molecule has 2 fully saturated rings. The normalized spacial score (nSPS) is 22.8. The van der Waals surface area contributed by atoms with Crippen LogP contribution in [0.2, 0.25) is 0 Å². The molecule has 1 amide bonds. The molecule has 0 saturated heterocycles. The van der Waals surface area contributed by atoms with Crippen LogP contribution in [0.1, 0.15) is 64.2 Å². The van der Waals surface area contributed by atoms with Gasteiger partial charge in [0.15, 0.2) is 0 Å². The summed E-state index contributed by atoms with van der Waals surface area (Å²) in [5, 5.41) is 3.14. The van der Waals surface area contributed by atoms with Gasteiger partial charge in [-0.3, -0.25) is 4.79 Å². The molecular formula is C15H29ClN2O. The van der Waals surface area contributed by atoms with Crippen molar-refractivity contribution >= 4 is 18.3 Å². The molecule has 0 bridgehead atoms. The van der Waals surface area contributed by atoms with E-state index in [-0.39, 0.29) is 23.7 Å². The van der Waals surface area contributed by atoms with E-state index in [4.69, 9.17) is 5.73 Å². The van der Waals surface area contributed by atoms with E-state index in [9.17, 15) is 4.79 Å². The SMILES string of the molecule is Cl.NCC1(CC(=O)NCC2CCCC2)CCCCC1. The highest BCUT2D eigenvalue weighted by atomic mass is 35.5. The molecule has 3 N–H and O–H groups in total. The van der Waals surface area contributed by atoms with E-state index in [0.29, 0.717) is 13.0 Å². The number of carbonyl (C=O) groups is 1. The minimum atomic E-state index is 0. The van der Waals surface area contributed by atoms with Crippen LogP contribution in [0.25, 0.3) is 0 Å². The molecule has 2 aliphatic carbocycles. The highest BCUT2D eigenvalue weighted by Crippen LogP contribution is 2.38. The number of amides is 1. The zero-order valence-corrected chi connectivity index (χ0v) is 12.8. The molecule has 0 heterocycles. The molecule has 3 nitrogen and oxygen atoms in total. The van der Waals surface area contributed by atoms with Gasteiger partial charge in [-0.05, 0) is 43.6 Å². The molecule has 2 aliphatic rings. The number of rotatable bonds is 5. The summed E-state index contributed by atoms with van der Waals surface area (Å²) in [5.74, 6) is 0.961. The average molecular weight is 289 g/mol. The van der Waals surface area contributed by atoms with Crippen LogP contribution in [0.4, 0.5) is 0 Å². The Hall–Kier alpha value is -0.280. The lowest BCUT2D eigenvalue weighted by Crippen LogP contribution is -2.39. The van der Waals surface area contributed by atoms with Crippen molar-refractivity contribution in [3.8, 4) is 0 Å². The van der Waals surface area contributed by atoms with Crippen molar-refractivity contribution in [2.24, 2.45) is 17.1 Å². The Morgan fingerprint density at radius 1 is 1.11 bits per heavy atom. The van der Waals surface area contributed by atoms with Crippen LogP contribution in [0.15, 0.2) is 0 Å². The molecule has 2 rings (SSSR count). The second kappa shape index (κ2) is 8.11. The smallest absolute Gasteiger partial charge is 0.220 e. The summed E-state index contributed by atoms with van der Waals surface area (Å²) in [7, 11) is 0. The number of hydrogen-bond donors (Lipinski definition) is 2. The van der Waals surface area contributed by atoms with Crippen LogP contribution >= 0.6 is 12.4 Å². The fourth-order valence-electron chi connectivity index (χ4n) is 3.63. The van der Waals surface area contributed by atoms with E-state index < -0.39 is 0 Å². The second-order valence-corrected chi connectivity index (χ2v) is 6.40. The molecule has 19 heavy (non-hydrogen) atoms. The van der Waals surface area contributed by atoms with E-state index in [2.05, 4.69) is 5.32 Å². The molecule has 0 spiro atoms. The quantitative estimate of drug-likeness (QED) is 0.817. The lowest BCUT2D eigenvalue weighted by atomic mass is 9.71. The summed E-state index contributed by atoms with van der Waals surface area (Å²) in [4.78, 5) is 12.1. The van der Waals surface area contributed by atoms with Crippen molar-refractivity contribution in [3.63, 3.8) is 0 Å². The molecule has 0 aromatic rings. The van der Waals surface area contributed by atoms with Gasteiger partial charge in [0.2, 0.25) is 5.91 Å². The largest absolute Gasteiger partial charge is 0.356 e. The van der Waals surface area contributed by atoms with Crippen molar-refractivity contribution in [3.05, 3.63) is 0 Å². The summed E-state index contributed by atoms with van der Waals surface area (Å²) < 4.78 is 0. The average Bonchev–Trinajstić information content (AvgIpc) is 2.91. The Morgan fingerprint density at radius 2 is 1.74 bits per heavy atom. The fraction of sp³-hybridized carbons (Fsp3) is 0.933. The molecule has 112 valence electrons. The molecule has 0 unspecified atom stereocenters. The molecule has 0 aromatic heterocycles. The molecular weight excluding hydrogens is 260 g/mol. The second-order valence-electron chi connectivity index (χ2n) is 6.40. The molecule has 0 aliphatic heterocycles. The number of hydrogen-bond acceptors (Lipinski definition) is 2. The Kier molecular flexibility index (Phi) is 7.16. The third-order valence-corrected chi connectivity index (χ3v) is 4.95. The summed E-state index contributed by atoms with van der Waals surface area (Å²) in [5.41, 5.74) is 6.03. The van der Waals surface area contributed by atoms with Gasteiger partial charge >= 0.3 is 0 Å². The monoisotopic (exact) mass is 288 g/mol. The van der Waals surface area contributed by atoms with Crippen LogP contribution in [-0.4, -0.2) is 19.0 Å². The predicted octanol–water partition coefficient (Wildman–Crippen LogP) is 3.01. The summed E-state index contributed by atoms with van der Waals surface area (Å²) in [6.07, 6.45) is 12.0. The fourth-order valence-corrected chi connectivity index (χ4v) is 3.63.